The summed E-state index contributed by atoms with van der Waals surface area (Å²) in [6.07, 6.45) is 6.00. The number of hydrogen-bond acceptors (Lipinski definition) is 3. The summed E-state index contributed by atoms with van der Waals surface area (Å²) < 4.78 is 1.80. The highest BCUT2D eigenvalue weighted by Gasteiger charge is 2.25. The van der Waals surface area contributed by atoms with Gasteiger partial charge in [0.1, 0.15) is 0 Å². The summed E-state index contributed by atoms with van der Waals surface area (Å²) in [6, 6.07) is 5.86. The number of fused-ring (bicyclic) bond motifs is 1. The van der Waals surface area contributed by atoms with Crippen molar-refractivity contribution in [2.24, 2.45) is 0 Å². The van der Waals surface area contributed by atoms with Crippen LogP contribution in [0.4, 0.5) is 0 Å². The molecule has 0 aliphatic carbocycles. The summed E-state index contributed by atoms with van der Waals surface area (Å²) in [5, 5.41) is 4.25. The molecule has 0 unspecified atom stereocenters. The van der Waals surface area contributed by atoms with Crippen LogP contribution >= 0.6 is 0 Å². The summed E-state index contributed by atoms with van der Waals surface area (Å²) in [6.45, 7) is 0.452. The van der Waals surface area contributed by atoms with Crippen LogP contribution in [0, 0.1) is 0 Å². The lowest BCUT2D eigenvalue weighted by Gasteiger charge is -2.24. The van der Waals surface area contributed by atoms with E-state index in [0.717, 1.165) is 11.1 Å². The number of piperidine rings is 1. The monoisotopic (exact) mass is 257 g/mol. The van der Waals surface area contributed by atoms with Crippen molar-refractivity contribution in [3.63, 3.8) is 0 Å². The minimum atomic E-state index is -0.0484. The molecule has 1 aliphatic heterocycles. The van der Waals surface area contributed by atoms with Crippen LogP contribution in [-0.4, -0.2) is 32.9 Å². The minimum Gasteiger partial charge on any atom is -0.282 e. The second kappa shape index (κ2) is 4.84. The first-order valence-corrected chi connectivity index (χ1v) is 6.50. The number of aromatic nitrogens is 2. The highest BCUT2D eigenvalue weighted by Crippen LogP contribution is 2.15. The molecule has 0 atom stereocenters. The molecule has 0 saturated carbocycles. The molecule has 3 heterocycles. The van der Waals surface area contributed by atoms with Gasteiger partial charge in [0.05, 0.1) is 11.7 Å². The quantitative estimate of drug-likeness (QED) is 0.781. The van der Waals surface area contributed by atoms with E-state index in [4.69, 9.17) is 0 Å². The Kier molecular flexibility index (Phi) is 3.03. The van der Waals surface area contributed by atoms with Gasteiger partial charge in [-0.1, -0.05) is 6.07 Å². The van der Waals surface area contributed by atoms with E-state index >= 15 is 0 Å². The van der Waals surface area contributed by atoms with Crippen LogP contribution < -0.4 is 0 Å². The molecule has 0 N–H and O–H groups in total. The van der Waals surface area contributed by atoms with Gasteiger partial charge in [-0.2, -0.15) is 5.10 Å². The summed E-state index contributed by atoms with van der Waals surface area (Å²) in [5.74, 6) is -0.0968. The number of pyridine rings is 1. The second-order valence-electron chi connectivity index (χ2n) is 4.74. The first-order valence-electron chi connectivity index (χ1n) is 6.50. The maximum Gasteiger partial charge on any atom is 0.229 e. The minimum absolute atomic E-state index is 0.0484. The Morgan fingerprint density at radius 1 is 1.16 bits per heavy atom. The van der Waals surface area contributed by atoms with E-state index in [-0.39, 0.29) is 11.8 Å². The van der Waals surface area contributed by atoms with Gasteiger partial charge in [0.15, 0.2) is 0 Å². The van der Waals surface area contributed by atoms with Crippen LogP contribution in [0.25, 0.3) is 5.52 Å². The van der Waals surface area contributed by atoms with E-state index in [9.17, 15) is 9.59 Å². The van der Waals surface area contributed by atoms with Gasteiger partial charge in [0.2, 0.25) is 11.8 Å². The van der Waals surface area contributed by atoms with Gasteiger partial charge in [0.25, 0.3) is 0 Å². The molecule has 98 valence electrons. The number of rotatable bonds is 3. The molecular weight excluding hydrogens is 242 g/mol. The molecule has 5 heteroatoms. The number of carbonyl (C=O) groups excluding carboxylic acids is 2. The molecule has 1 saturated heterocycles. The van der Waals surface area contributed by atoms with Crippen LogP contribution in [-0.2, 0) is 16.0 Å². The van der Waals surface area contributed by atoms with Crippen molar-refractivity contribution in [1.29, 1.82) is 0 Å². The summed E-state index contributed by atoms with van der Waals surface area (Å²) >= 11 is 0. The molecule has 2 aromatic heterocycles. The smallest absolute Gasteiger partial charge is 0.229 e. The molecule has 0 spiro atoms. The van der Waals surface area contributed by atoms with Gasteiger partial charge in [-0.05, 0) is 30.5 Å². The number of hydrogen-bond donors (Lipinski definition) is 0. The van der Waals surface area contributed by atoms with E-state index in [0.29, 0.717) is 32.2 Å². The van der Waals surface area contributed by atoms with Crippen molar-refractivity contribution in [3.8, 4) is 0 Å². The van der Waals surface area contributed by atoms with Gasteiger partial charge in [-0.25, -0.2) is 4.52 Å². The van der Waals surface area contributed by atoms with Crippen LogP contribution in [0.1, 0.15) is 24.8 Å². The number of amides is 2. The largest absolute Gasteiger partial charge is 0.282 e. The van der Waals surface area contributed by atoms with Crippen molar-refractivity contribution in [3.05, 3.63) is 36.2 Å². The SMILES string of the molecule is O=C1CCCC(=O)N1CCc1cnn2ccccc12. The Hall–Kier alpha value is -2.17. The Morgan fingerprint density at radius 2 is 1.95 bits per heavy atom. The van der Waals surface area contributed by atoms with Gasteiger partial charge in [-0.3, -0.25) is 14.5 Å². The van der Waals surface area contributed by atoms with E-state index in [2.05, 4.69) is 5.10 Å². The van der Waals surface area contributed by atoms with E-state index in [1.54, 1.807) is 10.7 Å². The number of imide groups is 1. The van der Waals surface area contributed by atoms with E-state index in [1.165, 1.54) is 4.90 Å². The first kappa shape index (κ1) is 11.9. The van der Waals surface area contributed by atoms with Crippen LogP contribution in [0.2, 0.25) is 0 Å². The van der Waals surface area contributed by atoms with Crippen molar-refractivity contribution < 1.29 is 9.59 Å². The van der Waals surface area contributed by atoms with Crippen molar-refractivity contribution in [2.75, 3.05) is 6.54 Å². The lowest BCUT2D eigenvalue weighted by molar-refractivity contribution is -0.147. The second-order valence-corrected chi connectivity index (χ2v) is 4.74. The lowest BCUT2D eigenvalue weighted by Crippen LogP contribution is -2.41. The van der Waals surface area contributed by atoms with Gasteiger partial charge >= 0.3 is 0 Å². The van der Waals surface area contributed by atoms with Crippen molar-refractivity contribution >= 4 is 17.3 Å². The number of nitrogens with zero attached hydrogens (tertiary/aromatic N) is 3. The first-order chi connectivity index (χ1) is 9.25. The predicted molar refractivity (Wildman–Crippen MR) is 69.5 cm³/mol. The zero-order chi connectivity index (χ0) is 13.2. The van der Waals surface area contributed by atoms with Crippen molar-refractivity contribution in [1.82, 2.24) is 14.5 Å². The fourth-order valence-corrected chi connectivity index (χ4v) is 2.46. The van der Waals surface area contributed by atoms with Gasteiger partial charge < -0.3 is 0 Å². The molecule has 2 aromatic rings. The molecule has 2 amide bonds. The Balaban J connectivity index is 1.75. The average Bonchev–Trinajstić information content (AvgIpc) is 2.82. The Morgan fingerprint density at radius 3 is 2.74 bits per heavy atom. The zero-order valence-corrected chi connectivity index (χ0v) is 10.6. The third-order valence-corrected chi connectivity index (χ3v) is 3.49. The molecule has 0 aromatic carbocycles. The van der Waals surface area contributed by atoms with Crippen LogP contribution in [0.5, 0.6) is 0 Å². The Bertz CT molecular complexity index is 616. The molecular formula is C14H15N3O2. The molecule has 19 heavy (non-hydrogen) atoms. The third-order valence-electron chi connectivity index (χ3n) is 3.49. The maximum atomic E-state index is 11.7. The summed E-state index contributed by atoms with van der Waals surface area (Å²) in [7, 11) is 0. The average molecular weight is 257 g/mol. The summed E-state index contributed by atoms with van der Waals surface area (Å²) in [5.41, 5.74) is 2.09. The number of likely N-dealkylation sites (tertiary alicyclic amines) is 1. The van der Waals surface area contributed by atoms with Crippen molar-refractivity contribution in [2.45, 2.75) is 25.7 Å². The van der Waals surface area contributed by atoms with Gasteiger partial charge in [-0.15, -0.1) is 0 Å². The molecule has 0 radical (unpaired) electrons. The van der Waals surface area contributed by atoms with E-state index in [1.807, 2.05) is 24.4 Å². The fourth-order valence-electron chi connectivity index (χ4n) is 2.46. The molecule has 1 fully saturated rings. The predicted octanol–water partition coefficient (Wildman–Crippen LogP) is 1.42. The fraction of sp³-hybridized carbons (Fsp3) is 0.357. The maximum absolute atomic E-state index is 11.7. The molecule has 0 bridgehead atoms. The standard InChI is InChI=1S/C14H15N3O2/c18-13-5-3-6-14(19)16(13)9-7-11-10-15-17-8-2-1-4-12(11)17/h1-2,4,8,10H,3,5-7,9H2. The summed E-state index contributed by atoms with van der Waals surface area (Å²) in [4.78, 5) is 24.8. The number of carbonyl (C=O) groups is 2. The van der Waals surface area contributed by atoms with E-state index < -0.39 is 0 Å². The molecule has 3 rings (SSSR count). The third kappa shape index (κ3) is 2.23. The van der Waals surface area contributed by atoms with Crippen LogP contribution in [0.15, 0.2) is 30.6 Å². The zero-order valence-electron chi connectivity index (χ0n) is 10.6. The lowest BCUT2D eigenvalue weighted by atomic mass is 10.1. The molecule has 5 nitrogen and oxygen atoms in total. The normalized spacial score (nSPS) is 16.3. The topological polar surface area (TPSA) is 54.7 Å². The Labute approximate surface area is 110 Å². The highest BCUT2D eigenvalue weighted by molar-refractivity contribution is 5.97. The highest BCUT2D eigenvalue weighted by atomic mass is 16.2. The molecule has 1 aliphatic rings. The van der Waals surface area contributed by atoms with Crippen LogP contribution in [0.3, 0.4) is 0 Å². The van der Waals surface area contributed by atoms with Gasteiger partial charge in [0, 0.05) is 25.6 Å².